The van der Waals surface area contributed by atoms with Crippen LogP contribution in [-0.2, 0) is 14.3 Å². The summed E-state index contributed by atoms with van der Waals surface area (Å²) in [4.78, 5) is 22.0. The third-order valence-corrected chi connectivity index (χ3v) is 1.99. The molecule has 0 aromatic heterocycles. The van der Waals surface area contributed by atoms with Gasteiger partial charge in [-0.3, -0.25) is 9.59 Å². The lowest BCUT2D eigenvalue weighted by Crippen LogP contribution is -2.35. The van der Waals surface area contributed by atoms with Crippen LogP contribution in [0.4, 0.5) is 0 Å². The van der Waals surface area contributed by atoms with Crippen LogP contribution in [0, 0.1) is 11.3 Å². The van der Waals surface area contributed by atoms with E-state index in [9.17, 15) is 9.59 Å². The van der Waals surface area contributed by atoms with Crippen molar-refractivity contribution in [2.45, 2.75) is 27.2 Å². The summed E-state index contributed by atoms with van der Waals surface area (Å²) in [5, 5.41) is 0. The monoisotopic (exact) mass is 187 g/mol. The number of rotatable bonds is 3. The van der Waals surface area contributed by atoms with Crippen molar-refractivity contribution in [3.05, 3.63) is 0 Å². The molecule has 0 saturated heterocycles. The van der Waals surface area contributed by atoms with E-state index < -0.39 is 17.8 Å². The number of primary amides is 1. The first-order chi connectivity index (χ1) is 5.79. The molecule has 0 bridgehead atoms. The average Bonchev–Trinajstić information content (AvgIpc) is 1.96. The number of esters is 1. The van der Waals surface area contributed by atoms with Crippen LogP contribution in [0.15, 0.2) is 0 Å². The van der Waals surface area contributed by atoms with E-state index >= 15 is 0 Å². The maximum atomic E-state index is 11.0. The highest BCUT2D eigenvalue weighted by molar-refractivity contribution is 5.83. The second-order valence-electron chi connectivity index (χ2n) is 4.10. The molecular weight excluding hydrogens is 170 g/mol. The Morgan fingerprint density at radius 2 is 1.85 bits per heavy atom. The number of amides is 1. The molecule has 0 spiro atoms. The molecule has 0 fully saturated rings. The van der Waals surface area contributed by atoms with E-state index in [0.29, 0.717) is 0 Å². The van der Waals surface area contributed by atoms with Crippen LogP contribution in [0.25, 0.3) is 0 Å². The van der Waals surface area contributed by atoms with Gasteiger partial charge in [-0.15, -0.1) is 0 Å². The van der Waals surface area contributed by atoms with Crippen molar-refractivity contribution >= 4 is 11.9 Å². The Bertz CT molecular complexity index is 205. The van der Waals surface area contributed by atoms with Gasteiger partial charge < -0.3 is 10.5 Å². The normalized spacial score (nSPS) is 13.5. The van der Waals surface area contributed by atoms with Crippen LogP contribution in [0.1, 0.15) is 27.2 Å². The fourth-order valence-electron chi connectivity index (χ4n) is 1.08. The second kappa shape index (κ2) is 4.25. The predicted octanol–water partition coefficient (Wildman–Crippen LogP) is 0.697. The molecule has 0 aliphatic carbocycles. The molecule has 4 heteroatoms. The first-order valence-electron chi connectivity index (χ1n) is 4.15. The molecule has 0 aromatic carbocycles. The Kier molecular flexibility index (Phi) is 3.91. The smallest absolute Gasteiger partial charge is 0.306 e. The number of nitrogens with two attached hydrogens (primary N) is 1. The number of hydrogen-bond donors (Lipinski definition) is 1. The van der Waals surface area contributed by atoms with Crippen molar-refractivity contribution in [1.29, 1.82) is 0 Å². The first kappa shape index (κ1) is 11.9. The van der Waals surface area contributed by atoms with Crippen LogP contribution < -0.4 is 5.73 Å². The van der Waals surface area contributed by atoms with Gasteiger partial charge in [-0.2, -0.15) is 0 Å². The Morgan fingerprint density at radius 3 is 2.08 bits per heavy atom. The molecule has 0 radical (unpaired) electrons. The number of hydrogen-bond acceptors (Lipinski definition) is 3. The summed E-state index contributed by atoms with van der Waals surface area (Å²) in [7, 11) is 1.29. The third-order valence-electron chi connectivity index (χ3n) is 1.99. The van der Waals surface area contributed by atoms with Crippen molar-refractivity contribution in [2.24, 2.45) is 17.1 Å². The molecule has 0 aliphatic rings. The molecule has 1 atom stereocenters. The van der Waals surface area contributed by atoms with Gasteiger partial charge in [-0.05, 0) is 5.41 Å². The van der Waals surface area contributed by atoms with Gasteiger partial charge in [0.25, 0.3) is 0 Å². The fraction of sp³-hybridized carbons (Fsp3) is 0.778. The van der Waals surface area contributed by atoms with E-state index in [4.69, 9.17) is 5.73 Å². The van der Waals surface area contributed by atoms with E-state index in [2.05, 4.69) is 4.74 Å². The van der Waals surface area contributed by atoms with E-state index in [-0.39, 0.29) is 11.8 Å². The SMILES string of the molecule is COC(=O)C[C@H](C(N)=O)C(C)(C)C. The molecule has 0 rings (SSSR count). The Morgan fingerprint density at radius 1 is 1.38 bits per heavy atom. The number of methoxy groups -OCH3 is 1. The van der Waals surface area contributed by atoms with Gasteiger partial charge in [0.1, 0.15) is 0 Å². The maximum absolute atomic E-state index is 11.0. The average molecular weight is 187 g/mol. The highest BCUT2D eigenvalue weighted by Crippen LogP contribution is 2.28. The van der Waals surface area contributed by atoms with Gasteiger partial charge in [-0.25, -0.2) is 0 Å². The number of carbonyl (C=O) groups excluding carboxylic acids is 2. The zero-order chi connectivity index (χ0) is 10.6. The topological polar surface area (TPSA) is 69.4 Å². The summed E-state index contributed by atoms with van der Waals surface area (Å²) in [6.45, 7) is 5.60. The molecule has 0 heterocycles. The molecule has 0 aromatic rings. The van der Waals surface area contributed by atoms with Crippen molar-refractivity contribution in [2.75, 3.05) is 7.11 Å². The fourth-order valence-corrected chi connectivity index (χ4v) is 1.08. The van der Waals surface area contributed by atoms with Crippen LogP contribution in [-0.4, -0.2) is 19.0 Å². The van der Waals surface area contributed by atoms with Gasteiger partial charge in [0.15, 0.2) is 0 Å². The standard InChI is InChI=1S/C9H17NO3/c1-9(2,3)6(8(10)12)5-7(11)13-4/h6H,5H2,1-4H3,(H2,10,12)/t6-/m1/s1. The number of ether oxygens (including phenoxy) is 1. The van der Waals surface area contributed by atoms with Crippen LogP contribution in [0.5, 0.6) is 0 Å². The largest absolute Gasteiger partial charge is 0.469 e. The summed E-state index contributed by atoms with van der Waals surface area (Å²) >= 11 is 0. The third kappa shape index (κ3) is 3.92. The van der Waals surface area contributed by atoms with E-state index in [0.717, 1.165) is 0 Å². The lowest BCUT2D eigenvalue weighted by Gasteiger charge is -2.26. The van der Waals surface area contributed by atoms with Gasteiger partial charge in [0, 0.05) is 0 Å². The van der Waals surface area contributed by atoms with E-state index in [1.54, 1.807) is 0 Å². The molecule has 2 N–H and O–H groups in total. The Hall–Kier alpha value is -1.06. The summed E-state index contributed by atoms with van der Waals surface area (Å²) in [5.41, 5.74) is 4.87. The summed E-state index contributed by atoms with van der Waals surface area (Å²) in [6.07, 6.45) is 0.0509. The zero-order valence-corrected chi connectivity index (χ0v) is 8.59. The van der Waals surface area contributed by atoms with Crippen molar-refractivity contribution in [3.63, 3.8) is 0 Å². The van der Waals surface area contributed by atoms with Gasteiger partial charge in [-0.1, -0.05) is 20.8 Å². The van der Waals surface area contributed by atoms with Crippen molar-refractivity contribution < 1.29 is 14.3 Å². The molecule has 0 unspecified atom stereocenters. The summed E-state index contributed by atoms with van der Waals surface area (Å²) in [6, 6.07) is 0. The molecule has 0 saturated carbocycles. The highest BCUT2D eigenvalue weighted by Gasteiger charge is 2.31. The Balaban J connectivity index is 4.46. The molecule has 4 nitrogen and oxygen atoms in total. The van der Waals surface area contributed by atoms with E-state index in [1.807, 2.05) is 20.8 Å². The number of carbonyl (C=O) groups is 2. The molecule has 76 valence electrons. The van der Waals surface area contributed by atoms with Crippen LogP contribution in [0.2, 0.25) is 0 Å². The quantitative estimate of drug-likeness (QED) is 0.661. The predicted molar refractivity (Wildman–Crippen MR) is 48.8 cm³/mol. The summed E-state index contributed by atoms with van der Waals surface area (Å²) in [5.74, 6) is -1.34. The van der Waals surface area contributed by atoms with E-state index in [1.165, 1.54) is 7.11 Å². The lowest BCUT2D eigenvalue weighted by atomic mass is 9.78. The maximum Gasteiger partial charge on any atom is 0.306 e. The van der Waals surface area contributed by atoms with Gasteiger partial charge >= 0.3 is 5.97 Å². The van der Waals surface area contributed by atoms with Crippen molar-refractivity contribution in [1.82, 2.24) is 0 Å². The second-order valence-corrected chi connectivity index (χ2v) is 4.10. The van der Waals surface area contributed by atoms with Crippen LogP contribution >= 0.6 is 0 Å². The summed E-state index contributed by atoms with van der Waals surface area (Å²) < 4.78 is 4.48. The Labute approximate surface area is 78.4 Å². The minimum absolute atomic E-state index is 0.0509. The zero-order valence-electron chi connectivity index (χ0n) is 8.59. The molecule has 1 amide bonds. The van der Waals surface area contributed by atoms with Crippen molar-refractivity contribution in [3.8, 4) is 0 Å². The minimum Gasteiger partial charge on any atom is -0.469 e. The van der Waals surface area contributed by atoms with Crippen LogP contribution in [0.3, 0.4) is 0 Å². The molecular formula is C9H17NO3. The highest BCUT2D eigenvalue weighted by atomic mass is 16.5. The molecule has 0 aliphatic heterocycles. The van der Waals surface area contributed by atoms with Gasteiger partial charge in [0.2, 0.25) is 5.91 Å². The molecule has 13 heavy (non-hydrogen) atoms. The lowest BCUT2D eigenvalue weighted by molar-refractivity contribution is -0.145. The minimum atomic E-state index is -0.472. The van der Waals surface area contributed by atoms with Gasteiger partial charge in [0.05, 0.1) is 19.4 Å². The first-order valence-corrected chi connectivity index (χ1v) is 4.15.